The van der Waals surface area contributed by atoms with Gasteiger partial charge in [-0.25, -0.2) is 0 Å². The van der Waals surface area contributed by atoms with Gasteiger partial charge in [0, 0.05) is 5.38 Å². The lowest BCUT2D eigenvalue weighted by molar-refractivity contribution is 0.287. The van der Waals surface area contributed by atoms with E-state index in [0.717, 1.165) is 24.3 Å². The SMILES string of the molecule is CCOc1ccc(CCC(Cl)C(C)(C)C)cc1OCC. The van der Waals surface area contributed by atoms with Crippen molar-refractivity contribution in [3.8, 4) is 11.5 Å². The first-order chi connectivity index (χ1) is 9.38. The summed E-state index contributed by atoms with van der Waals surface area (Å²) >= 11 is 6.43. The molecule has 1 aromatic rings. The summed E-state index contributed by atoms with van der Waals surface area (Å²) in [5.74, 6) is 1.64. The van der Waals surface area contributed by atoms with Gasteiger partial charge in [0.15, 0.2) is 11.5 Å². The highest BCUT2D eigenvalue weighted by atomic mass is 35.5. The molecule has 0 fully saturated rings. The fourth-order valence-electron chi connectivity index (χ4n) is 1.98. The first-order valence-corrected chi connectivity index (χ1v) is 7.84. The molecule has 0 spiro atoms. The first-order valence-electron chi connectivity index (χ1n) is 7.41. The van der Waals surface area contributed by atoms with Crippen LogP contribution in [0.2, 0.25) is 0 Å². The van der Waals surface area contributed by atoms with Gasteiger partial charge in [0.1, 0.15) is 0 Å². The molecule has 114 valence electrons. The molecule has 0 aliphatic carbocycles. The molecule has 0 heterocycles. The lowest BCUT2D eigenvalue weighted by Crippen LogP contribution is -2.21. The maximum absolute atomic E-state index is 6.43. The van der Waals surface area contributed by atoms with Crippen LogP contribution in [0.4, 0.5) is 0 Å². The number of halogens is 1. The molecule has 0 amide bonds. The highest BCUT2D eigenvalue weighted by Crippen LogP contribution is 2.31. The molecule has 20 heavy (non-hydrogen) atoms. The third-order valence-electron chi connectivity index (χ3n) is 3.23. The maximum atomic E-state index is 6.43. The summed E-state index contributed by atoms with van der Waals surface area (Å²) in [5, 5.41) is 0.171. The van der Waals surface area contributed by atoms with Gasteiger partial charge in [0.05, 0.1) is 13.2 Å². The zero-order chi connectivity index (χ0) is 15.2. The Morgan fingerprint density at radius 2 is 1.65 bits per heavy atom. The van der Waals surface area contributed by atoms with Crippen LogP contribution in [0.15, 0.2) is 18.2 Å². The van der Waals surface area contributed by atoms with Crippen molar-refractivity contribution in [2.24, 2.45) is 5.41 Å². The smallest absolute Gasteiger partial charge is 0.161 e. The van der Waals surface area contributed by atoms with E-state index < -0.39 is 0 Å². The lowest BCUT2D eigenvalue weighted by Gasteiger charge is -2.25. The van der Waals surface area contributed by atoms with E-state index >= 15 is 0 Å². The van der Waals surface area contributed by atoms with E-state index in [1.165, 1.54) is 5.56 Å². The average molecular weight is 299 g/mol. The van der Waals surface area contributed by atoms with Gasteiger partial charge >= 0.3 is 0 Å². The predicted octanol–water partition coefficient (Wildman–Crippen LogP) is 5.07. The third kappa shape index (κ3) is 5.24. The number of ether oxygens (including phenoxy) is 2. The quantitative estimate of drug-likeness (QED) is 0.654. The summed E-state index contributed by atoms with van der Waals surface area (Å²) in [5.41, 5.74) is 1.38. The van der Waals surface area contributed by atoms with Gasteiger partial charge in [0.2, 0.25) is 0 Å². The van der Waals surface area contributed by atoms with Gasteiger partial charge in [-0.2, -0.15) is 0 Å². The van der Waals surface area contributed by atoms with E-state index in [1.807, 2.05) is 19.9 Å². The minimum absolute atomic E-state index is 0.134. The number of aryl methyl sites for hydroxylation is 1. The van der Waals surface area contributed by atoms with Crippen molar-refractivity contribution in [3.63, 3.8) is 0 Å². The van der Waals surface area contributed by atoms with Crippen molar-refractivity contribution in [1.82, 2.24) is 0 Å². The fraction of sp³-hybridized carbons (Fsp3) is 0.647. The second-order valence-electron chi connectivity index (χ2n) is 6.02. The second kappa shape index (κ2) is 7.78. The van der Waals surface area contributed by atoms with E-state index in [1.54, 1.807) is 0 Å². The van der Waals surface area contributed by atoms with Gasteiger partial charge in [0.25, 0.3) is 0 Å². The Morgan fingerprint density at radius 1 is 1.05 bits per heavy atom. The molecular formula is C17H27ClO2. The van der Waals surface area contributed by atoms with E-state index in [4.69, 9.17) is 21.1 Å². The largest absolute Gasteiger partial charge is 0.490 e. The molecule has 1 unspecified atom stereocenters. The minimum Gasteiger partial charge on any atom is -0.490 e. The van der Waals surface area contributed by atoms with Crippen molar-refractivity contribution in [2.45, 2.75) is 52.8 Å². The molecule has 2 nitrogen and oxygen atoms in total. The Morgan fingerprint density at radius 3 is 2.20 bits per heavy atom. The Labute approximate surface area is 128 Å². The number of benzene rings is 1. The highest BCUT2D eigenvalue weighted by molar-refractivity contribution is 6.21. The standard InChI is InChI=1S/C17H27ClO2/c1-6-19-14-10-8-13(12-15(14)20-7-2)9-11-16(18)17(3,4)5/h8,10,12,16H,6-7,9,11H2,1-5H3. The molecule has 0 saturated heterocycles. The summed E-state index contributed by atoms with van der Waals surface area (Å²) in [4.78, 5) is 0. The maximum Gasteiger partial charge on any atom is 0.161 e. The molecular weight excluding hydrogens is 272 g/mol. The van der Waals surface area contributed by atoms with Crippen LogP contribution in [0.1, 0.15) is 46.6 Å². The zero-order valence-electron chi connectivity index (χ0n) is 13.3. The molecule has 0 saturated carbocycles. The second-order valence-corrected chi connectivity index (χ2v) is 6.55. The van der Waals surface area contributed by atoms with Crippen molar-refractivity contribution >= 4 is 11.6 Å². The summed E-state index contributed by atoms with van der Waals surface area (Å²) in [6, 6.07) is 6.16. The van der Waals surface area contributed by atoms with Gasteiger partial charge in [-0.15, -0.1) is 11.6 Å². The third-order valence-corrected chi connectivity index (χ3v) is 4.11. The predicted molar refractivity (Wildman–Crippen MR) is 86.2 cm³/mol. The zero-order valence-corrected chi connectivity index (χ0v) is 14.1. The summed E-state index contributed by atoms with van der Waals surface area (Å²) in [6.45, 7) is 11.8. The van der Waals surface area contributed by atoms with Gasteiger partial charge < -0.3 is 9.47 Å². The molecule has 1 aromatic carbocycles. The number of alkyl halides is 1. The molecule has 0 aromatic heterocycles. The number of rotatable bonds is 7. The van der Waals surface area contributed by atoms with Gasteiger partial charge in [-0.1, -0.05) is 26.8 Å². The Hall–Kier alpha value is -0.890. The van der Waals surface area contributed by atoms with Crippen LogP contribution >= 0.6 is 11.6 Å². The van der Waals surface area contributed by atoms with E-state index in [-0.39, 0.29) is 10.8 Å². The monoisotopic (exact) mass is 298 g/mol. The van der Waals surface area contributed by atoms with E-state index in [9.17, 15) is 0 Å². The normalized spacial score (nSPS) is 13.1. The van der Waals surface area contributed by atoms with E-state index in [0.29, 0.717) is 13.2 Å². The molecule has 0 bridgehead atoms. The molecule has 0 N–H and O–H groups in total. The van der Waals surface area contributed by atoms with Gasteiger partial charge in [-0.05, 0) is 49.8 Å². The van der Waals surface area contributed by atoms with Crippen molar-refractivity contribution < 1.29 is 9.47 Å². The van der Waals surface area contributed by atoms with Crippen LogP contribution in [0.5, 0.6) is 11.5 Å². The number of hydrogen-bond acceptors (Lipinski definition) is 2. The average Bonchev–Trinajstić information content (AvgIpc) is 2.38. The Kier molecular flexibility index (Phi) is 6.67. The summed E-state index contributed by atoms with van der Waals surface area (Å²) in [6.07, 6.45) is 1.92. The lowest BCUT2D eigenvalue weighted by atomic mass is 9.88. The Balaban J connectivity index is 2.74. The molecule has 0 aliphatic heterocycles. The molecule has 3 heteroatoms. The first kappa shape index (κ1) is 17.2. The van der Waals surface area contributed by atoms with Crippen molar-refractivity contribution in [2.75, 3.05) is 13.2 Å². The van der Waals surface area contributed by atoms with Crippen LogP contribution in [-0.4, -0.2) is 18.6 Å². The summed E-state index contributed by atoms with van der Waals surface area (Å²) < 4.78 is 11.2. The molecule has 0 aliphatic rings. The minimum atomic E-state index is 0.134. The Bertz CT molecular complexity index is 410. The van der Waals surface area contributed by atoms with E-state index in [2.05, 4.69) is 32.9 Å². The fourth-order valence-corrected chi connectivity index (χ4v) is 2.09. The molecule has 0 radical (unpaired) electrons. The highest BCUT2D eigenvalue weighted by Gasteiger charge is 2.21. The number of hydrogen-bond donors (Lipinski definition) is 0. The van der Waals surface area contributed by atoms with Crippen LogP contribution < -0.4 is 9.47 Å². The topological polar surface area (TPSA) is 18.5 Å². The van der Waals surface area contributed by atoms with Crippen LogP contribution in [0.25, 0.3) is 0 Å². The van der Waals surface area contributed by atoms with Crippen LogP contribution in [0.3, 0.4) is 0 Å². The molecule has 1 atom stereocenters. The van der Waals surface area contributed by atoms with Crippen molar-refractivity contribution in [3.05, 3.63) is 23.8 Å². The van der Waals surface area contributed by atoms with Crippen molar-refractivity contribution in [1.29, 1.82) is 0 Å². The van der Waals surface area contributed by atoms with Gasteiger partial charge in [-0.3, -0.25) is 0 Å². The van der Waals surface area contributed by atoms with Crippen LogP contribution in [0, 0.1) is 5.41 Å². The summed E-state index contributed by atoms with van der Waals surface area (Å²) in [7, 11) is 0. The molecule has 1 rings (SSSR count). The van der Waals surface area contributed by atoms with Crippen LogP contribution in [-0.2, 0) is 6.42 Å².